The van der Waals surface area contributed by atoms with Crippen molar-refractivity contribution < 1.29 is 32.2 Å². The summed E-state index contributed by atoms with van der Waals surface area (Å²) in [6.07, 6.45) is -3.35. The summed E-state index contributed by atoms with van der Waals surface area (Å²) in [7, 11) is 0. The molecule has 164 valence electrons. The second-order valence-electron chi connectivity index (χ2n) is 7.77. The van der Waals surface area contributed by atoms with Gasteiger partial charge in [-0.05, 0) is 74.3 Å². The van der Waals surface area contributed by atoms with Crippen molar-refractivity contribution in [2.24, 2.45) is 0 Å². The molecule has 1 heterocycles. The van der Waals surface area contributed by atoms with Crippen LogP contribution < -0.4 is 14.8 Å². The van der Waals surface area contributed by atoms with Gasteiger partial charge in [0.05, 0.1) is 4.47 Å². The number of ether oxygens (including phenoxy) is 3. The number of halogens is 4. The number of likely N-dealkylation sites (tertiary alicyclic amines) is 1. The number of alkyl carbamates (subject to hydrolysis) is 1. The lowest BCUT2D eigenvalue weighted by molar-refractivity contribution is -0.274. The van der Waals surface area contributed by atoms with Crippen LogP contribution in [0.25, 0.3) is 0 Å². The molecule has 6 nitrogen and oxygen atoms in total. The number of carbonyl (C=O) groups excluding carboxylic acids is 1. The minimum Gasteiger partial charge on any atom is -0.491 e. The smallest absolute Gasteiger partial charge is 0.491 e. The van der Waals surface area contributed by atoms with Crippen molar-refractivity contribution in [3.8, 4) is 11.5 Å². The predicted molar refractivity (Wildman–Crippen MR) is 105 cm³/mol. The number of carbonyl (C=O) groups is 1. The molecule has 1 saturated heterocycles. The average Bonchev–Trinajstić information content (AvgIpc) is 2.54. The number of rotatable bonds is 6. The molecule has 1 aliphatic heterocycles. The van der Waals surface area contributed by atoms with Crippen molar-refractivity contribution in [1.82, 2.24) is 10.2 Å². The number of amides is 1. The molecule has 1 aliphatic rings. The van der Waals surface area contributed by atoms with Crippen molar-refractivity contribution in [2.45, 2.75) is 51.6 Å². The standard InChI is InChI=1S/C19H26BrF3N2O4/c1-18(2,3)29-17(26)24-13-5-4-8-25(12-13)9-10-27-16-7-6-14(11-15(16)20)28-19(21,22)23/h6-7,11,13H,4-5,8-10,12H2,1-3H3,(H,24,26)/t13-/m0/s1. The second-order valence-corrected chi connectivity index (χ2v) is 8.63. The van der Waals surface area contributed by atoms with Gasteiger partial charge in [-0.1, -0.05) is 0 Å². The van der Waals surface area contributed by atoms with Crippen LogP contribution in [0.15, 0.2) is 22.7 Å². The monoisotopic (exact) mass is 482 g/mol. The summed E-state index contributed by atoms with van der Waals surface area (Å²) >= 11 is 3.19. The van der Waals surface area contributed by atoms with Gasteiger partial charge in [0.1, 0.15) is 23.7 Å². The lowest BCUT2D eigenvalue weighted by atomic mass is 10.1. The Morgan fingerprint density at radius 2 is 2.03 bits per heavy atom. The number of hydrogen-bond acceptors (Lipinski definition) is 5. The van der Waals surface area contributed by atoms with Crippen molar-refractivity contribution in [1.29, 1.82) is 0 Å². The molecule has 0 saturated carbocycles. The van der Waals surface area contributed by atoms with E-state index in [0.717, 1.165) is 19.4 Å². The number of alkyl halides is 3. The quantitative estimate of drug-likeness (QED) is 0.635. The van der Waals surface area contributed by atoms with Crippen LogP contribution in [0.3, 0.4) is 0 Å². The highest BCUT2D eigenvalue weighted by molar-refractivity contribution is 9.10. The Morgan fingerprint density at radius 1 is 1.31 bits per heavy atom. The Hall–Kier alpha value is -1.68. The van der Waals surface area contributed by atoms with Crippen LogP contribution in [0.2, 0.25) is 0 Å². The molecule has 0 bridgehead atoms. The highest BCUT2D eigenvalue weighted by Gasteiger charge is 2.31. The Labute approximate surface area is 176 Å². The van der Waals surface area contributed by atoms with Crippen molar-refractivity contribution >= 4 is 22.0 Å². The highest BCUT2D eigenvalue weighted by atomic mass is 79.9. The first-order chi connectivity index (χ1) is 13.4. The highest BCUT2D eigenvalue weighted by Crippen LogP contribution is 2.32. The van der Waals surface area contributed by atoms with Gasteiger partial charge >= 0.3 is 12.5 Å². The topological polar surface area (TPSA) is 60.0 Å². The molecule has 0 unspecified atom stereocenters. The average molecular weight is 483 g/mol. The van der Waals surface area contributed by atoms with E-state index in [1.807, 2.05) is 20.8 Å². The minimum atomic E-state index is -4.74. The van der Waals surface area contributed by atoms with Crippen LogP contribution in [0.1, 0.15) is 33.6 Å². The third-order valence-corrected chi connectivity index (χ3v) is 4.65. The van der Waals surface area contributed by atoms with Crippen LogP contribution in [-0.2, 0) is 4.74 Å². The maximum absolute atomic E-state index is 12.3. The van der Waals surface area contributed by atoms with Crippen LogP contribution in [-0.4, -0.2) is 55.2 Å². The number of nitrogens with zero attached hydrogens (tertiary/aromatic N) is 1. The summed E-state index contributed by atoms with van der Waals surface area (Å²) in [5, 5.41) is 2.89. The lowest BCUT2D eigenvalue weighted by Gasteiger charge is -2.33. The molecule has 1 aromatic carbocycles. The summed E-state index contributed by atoms with van der Waals surface area (Å²) < 4.78 is 52.0. The molecule has 1 N–H and O–H groups in total. The molecule has 0 spiro atoms. The Morgan fingerprint density at radius 3 is 2.66 bits per heavy atom. The summed E-state index contributed by atoms with van der Waals surface area (Å²) in [4.78, 5) is 14.1. The molecular formula is C19H26BrF3N2O4. The molecule has 1 fully saturated rings. The van der Waals surface area contributed by atoms with Crippen molar-refractivity contribution in [3.05, 3.63) is 22.7 Å². The number of hydrogen-bond donors (Lipinski definition) is 1. The van der Waals surface area contributed by atoms with E-state index in [1.165, 1.54) is 18.2 Å². The van der Waals surface area contributed by atoms with E-state index in [0.29, 0.717) is 29.9 Å². The predicted octanol–water partition coefficient (Wildman–Crippen LogP) is 4.72. The molecule has 0 aliphatic carbocycles. The Bertz CT molecular complexity index is 695. The van der Waals surface area contributed by atoms with Gasteiger partial charge in [0.25, 0.3) is 0 Å². The molecule has 1 aromatic rings. The lowest BCUT2D eigenvalue weighted by Crippen LogP contribution is -2.49. The van der Waals surface area contributed by atoms with E-state index in [2.05, 4.69) is 30.9 Å². The van der Waals surface area contributed by atoms with Gasteiger partial charge in [-0.2, -0.15) is 0 Å². The van der Waals surface area contributed by atoms with Gasteiger partial charge in [-0.25, -0.2) is 4.79 Å². The van der Waals surface area contributed by atoms with Crippen LogP contribution in [0, 0.1) is 0 Å². The van der Waals surface area contributed by atoms with E-state index < -0.39 is 18.1 Å². The van der Waals surface area contributed by atoms with Gasteiger partial charge in [0.15, 0.2) is 0 Å². The molecule has 0 radical (unpaired) electrons. The summed E-state index contributed by atoms with van der Waals surface area (Å²) in [6, 6.07) is 3.85. The summed E-state index contributed by atoms with van der Waals surface area (Å²) in [5.74, 6) is 0.115. The van der Waals surface area contributed by atoms with Crippen LogP contribution in [0.5, 0.6) is 11.5 Å². The van der Waals surface area contributed by atoms with E-state index in [4.69, 9.17) is 9.47 Å². The first-order valence-corrected chi connectivity index (χ1v) is 10.1. The molecule has 29 heavy (non-hydrogen) atoms. The van der Waals surface area contributed by atoms with Crippen LogP contribution in [0.4, 0.5) is 18.0 Å². The first kappa shape index (κ1) is 23.6. The molecule has 1 atom stereocenters. The van der Waals surface area contributed by atoms with Crippen molar-refractivity contribution in [2.75, 3.05) is 26.2 Å². The largest absolute Gasteiger partial charge is 0.573 e. The second kappa shape index (κ2) is 9.88. The fraction of sp³-hybridized carbons (Fsp3) is 0.632. The SMILES string of the molecule is CC(C)(C)OC(=O)N[C@H]1CCCN(CCOc2ccc(OC(F)(F)F)cc2Br)C1. The van der Waals surface area contributed by atoms with Crippen molar-refractivity contribution in [3.63, 3.8) is 0 Å². The number of benzene rings is 1. The van der Waals surface area contributed by atoms with E-state index in [9.17, 15) is 18.0 Å². The maximum Gasteiger partial charge on any atom is 0.573 e. The van der Waals surface area contributed by atoms with E-state index in [-0.39, 0.29) is 11.8 Å². The van der Waals surface area contributed by atoms with E-state index in [1.54, 1.807) is 0 Å². The maximum atomic E-state index is 12.3. The zero-order chi connectivity index (χ0) is 21.7. The summed E-state index contributed by atoms with van der Waals surface area (Å²) in [6.45, 7) is 8.00. The molecule has 2 rings (SSSR count). The molecular weight excluding hydrogens is 457 g/mol. The van der Waals surface area contributed by atoms with Gasteiger partial charge in [-0.15, -0.1) is 13.2 Å². The van der Waals surface area contributed by atoms with Gasteiger partial charge in [0, 0.05) is 19.1 Å². The zero-order valence-corrected chi connectivity index (χ0v) is 18.2. The number of piperidine rings is 1. The zero-order valence-electron chi connectivity index (χ0n) is 16.6. The molecule has 10 heteroatoms. The molecule has 1 amide bonds. The fourth-order valence-corrected chi connectivity index (χ4v) is 3.40. The summed E-state index contributed by atoms with van der Waals surface area (Å²) in [5.41, 5.74) is -0.541. The normalized spacial score (nSPS) is 18.2. The van der Waals surface area contributed by atoms with Crippen LogP contribution >= 0.6 is 15.9 Å². The van der Waals surface area contributed by atoms with Gasteiger partial charge in [-0.3, -0.25) is 4.90 Å². The Kier molecular flexibility index (Phi) is 8.04. The molecule has 0 aromatic heterocycles. The third-order valence-electron chi connectivity index (χ3n) is 4.03. The van der Waals surface area contributed by atoms with Gasteiger partial charge < -0.3 is 19.5 Å². The minimum absolute atomic E-state index is 0.00383. The number of nitrogens with one attached hydrogen (secondary N) is 1. The fourth-order valence-electron chi connectivity index (χ4n) is 2.93. The van der Waals surface area contributed by atoms with E-state index >= 15 is 0 Å². The Balaban J connectivity index is 1.78. The first-order valence-electron chi connectivity index (χ1n) is 9.31. The van der Waals surface area contributed by atoms with Gasteiger partial charge in [0.2, 0.25) is 0 Å². The third kappa shape index (κ3) is 9.12.